The van der Waals surface area contributed by atoms with Crippen LogP contribution in [-0.2, 0) is 44.5 Å². The highest BCUT2D eigenvalue weighted by Crippen LogP contribution is 2.39. The number of sulfonamides is 2. The van der Waals surface area contributed by atoms with Gasteiger partial charge < -0.3 is 25.0 Å². The molecule has 2 fully saturated rings. The van der Waals surface area contributed by atoms with E-state index in [-0.39, 0.29) is 35.2 Å². The number of piperazine rings is 1. The fourth-order valence-electron chi connectivity index (χ4n) is 8.28. The first-order chi connectivity index (χ1) is 35.7. The Hall–Kier alpha value is -5.64. The van der Waals surface area contributed by atoms with Gasteiger partial charge in [-0.3, -0.25) is 9.59 Å². The van der Waals surface area contributed by atoms with Gasteiger partial charge in [0.1, 0.15) is 25.7 Å². The fourth-order valence-corrected chi connectivity index (χ4v) is 14.5. The Morgan fingerprint density at radius 3 is 1.68 bits per heavy atom. The van der Waals surface area contributed by atoms with E-state index in [2.05, 4.69) is 15.5 Å². The maximum atomic E-state index is 13.5. The molecule has 74 heavy (non-hydrogen) atoms. The van der Waals surface area contributed by atoms with Crippen molar-refractivity contribution in [2.75, 3.05) is 39.3 Å². The Labute approximate surface area is 453 Å². The van der Waals surface area contributed by atoms with Gasteiger partial charge in [0.15, 0.2) is 5.75 Å². The lowest BCUT2D eigenvalue weighted by Gasteiger charge is -2.35. The largest absolute Gasteiger partial charge is 0.454 e. The Balaban J connectivity index is 0.000000186. The average Bonchev–Trinajstić information content (AvgIpc) is 4.09. The van der Waals surface area contributed by atoms with Crippen LogP contribution in [0.4, 0.5) is 5.69 Å². The van der Waals surface area contributed by atoms with Gasteiger partial charge in [-0.2, -0.15) is 8.61 Å². The van der Waals surface area contributed by atoms with Crippen molar-refractivity contribution in [1.82, 2.24) is 24.1 Å². The number of benzene rings is 5. The predicted molar refractivity (Wildman–Crippen MR) is 291 cm³/mol. The van der Waals surface area contributed by atoms with Crippen LogP contribution < -0.4 is 15.4 Å². The number of amidine groups is 1. The minimum atomic E-state index is -3.70. The first kappa shape index (κ1) is 53.2. The van der Waals surface area contributed by atoms with E-state index in [1.165, 1.54) is 19.9 Å². The first-order valence-corrected chi connectivity index (χ1v) is 29.2. The highest BCUT2D eigenvalue weighted by Gasteiger charge is 2.34. The fraction of sp³-hybridized carbons (Fsp3) is 0.226. The zero-order valence-corrected chi connectivity index (χ0v) is 45.1. The number of nitrogens with one attached hydrogen (secondary N) is 2. The van der Waals surface area contributed by atoms with Crippen molar-refractivity contribution >= 4 is 101 Å². The number of aliphatic imine (C=N–C) groups is 1. The van der Waals surface area contributed by atoms with Gasteiger partial charge in [0.05, 0.1) is 31.4 Å². The summed E-state index contributed by atoms with van der Waals surface area (Å²) in [5, 5.41) is 7.31. The number of halogens is 3. The smallest absolute Gasteiger partial charge is 0.252 e. The predicted octanol–water partition coefficient (Wildman–Crippen LogP) is 10.9. The normalized spacial score (nSPS) is 15.3. The Morgan fingerprint density at radius 1 is 0.595 bits per heavy atom. The summed E-state index contributed by atoms with van der Waals surface area (Å²) < 4.78 is 68.8. The van der Waals surface area contributed by atoms with Crippen LogP contribution in [0.2, 0.25) is 15.1 Å². The number of hydrogen-bond donors (Lipinski definition) is 2. The van der Waals surface area contributed by atoms with Crippen LogP contribution in [0.3, 0.4) is 0 Å². The molecule has 5 aromatic carbocycles. The van der Waals surface area contributed by atoms with Gasteiger partial charge >= 0.3 is 0 Å². The number of thiophene rings is 2. The third-order valence-corrected chi connectivity index (χ3v) is 19.9. The van der Waals surface area contributed by atoms with Crippen molar-refractivity contribution in [1.29, 1.82) is 0 Å². The molecule has 0 saturated carbocycles. The van der Waals surface area contributed by atoms with Crippen LogP contribution in [0.5, 0.6) is 11.5 Å². The SMILES string of the molecule is O=C(NCc1ccc(S(=O)(=O)N2CCC(OCc3ccccc3)CC2)s1)c1ccc(Cl)cc1.O=C(NCc1ccc(S(=O)(=O)N2CCN(C3=Nc4ccccc4Oc4ccc(Cl)cc43)CC2)s1)c1ccc(Cl)cc1. The summed E-state index contributed by atoms with van der Waals surface area (Å²) in [6, 6.07) is 42.8. The molecule has 2 amide bonds. The number of nitrogens with zero attached hydrogens (tertiary/aromatic N) is 4. The van der Waals surface area contributed by atoms with Crippen LogP contribution in [-0.4, -0.2) is 93.4 Å². The van der Waals surface area contributed by atoms with Gasteiger partial charge in [0.2, 0.25) is 0 Å². The molecule has 2 saturated heterocycles. The number of piperidine rings is 1. The summed E-state index contributed by atoms with van der Waals surface area (Å²) in [7, 11) is -7.26. The molecule has 21 heteroatoms. The second-order valence-corrected chi connectivity index (χ2v) is 25.2. The van der Waals surface area contributed by atoms with Gasteiger partial charge in [-0.25, -0.2) is 21.8 Å². The van der Waals surface area contributed by atoms with Gasteiger partial charge in [0, 0.05) is 75.2 Å². The topological polar surface area (TPSA) is 167 Å². The summed E-state index contributed by atoms with van der Waals surface area (Å²) in [5.74, 6) is 1.49. The number of fused-ring (bicyclic) bond motifs is 2. The third-order valence-electron chi connectivity index (χ3n) is 12.3. The molecule has 0 atom stereocenters. The Morgan fingerprint density at radius 2 is 1.11 bits per heavy atom. The molecule has 0 spiro atoms. The second-order valence-electron chi connectivity index (χ2n) is 17.3. The molecule has 0 unspecified atom stereocenters. The van der Waals surface area contributed by atoms with Crippen molar-refractivity contribution in [3.8, 4) is 11.5 Å². The molecular formula is C53H49Cl3N6O8S4. The van der Waals surface area contributed by atoms with E-state index < -0.39 is 20.0 Å². The van der Waals surface area contributed by atoms with E-state index in [1.807, 2.05) is 66.7 Å². The van der Waals surface area contributed by atoms with Crippen molar-refractivity contribution in [3.05, 3.63) is 193 Å². The lowest BCUT2D eigenvalue weighted by Crippen LogP contribution is -2.50. The van der Waals surface area contributed by atoms with Crippen LogP contribution in [0.1, 0.15) is 54.4 Å². The van der Waals surface area contributed by atoms with Gasteiger partial charge in [-0.1, -0.05) is 77.3 Å². The van der Waals surface area contributed by atoms with Crippen LogP contribution in [0, 0.1) is 0 Å². The molecular weight excluding hydrogens is 1080 g/mol. The van der Waals surface area contributed by atoms with Gasteiger partial charge in [-0.05, 0) is 122 Å². The molecule has 10 rings (SSSR count). The Bertz CT molecular complexity index is 3360. The van der Waals surface area contributed by atoms with E-state index in [1.54, 1.807) is 78.9 Å². The monoisotopic (exact) mass is 1130 g/mol. The standard InChI is InChI=1S/C29H24Cl2N4O4S2.C24H25ClN2O4S2/c30-20-7-5-19(6-8-20)29(36)32-18-22-10-12-27(40-22)41(37,38)35-15-13-34(14-16-35)28-23-17-21(31)9-11-25(23)39-26-4-2-1-3-24(26)33-28;25-20-8-6-19(7-9-20)24(28)26-16-22-10-11-23(32-22)33(29,30)27-14-12-21(13-15-27)31-17-18-4-2-1-3-5-18/h1-12,17H,13-16,18H2,(H,32,36);1-11,21H,12-17H2,(H,26,28). The zero-order chi connectivity index (χ0) is 51.8. The summed E-state index contributed by atoms with van der Waals surface area (Å²) in [6.07, 6.45) is 1.39. The van der Waals surface area contributed by atoms with E-state index in [9.17, 15) is 26.4 Å². The first-order valence-electron chi connectivity index (χ1n) is 23.5. The Kier molecular flexibility index (Phi) is 17.2. The van der Waals surface area contributed by atoms with Crippen LogP contribution >= 0.6 is 57.5 Å². The zero-order valence-electron chi connectivity index (χ0n) is 39.5. The quantitative estimate of drug-likeness (QED) is 0.114. The number of para-hydroxylation sites is 2. The minimum Gasteiger partial charge on any atom is -0.454 e. The molecule has 5 heterocycles. The molecule has 3 aliphatic heterocycles. The molecule has 2 aromatic heterocycles. The highest BCUT2D eigenvalue weighted by atomic mass is 35.5. The lowest BCUT2D eigenvalue weighted by atomic mass is 10.1. The summed E-state index contributed by atoms with van der Waals surface area (Å²) in [5.41, 5.74) is 3.55. The number of rotatable bonds is 13. The number of amides is 2. The molecule has 0 radical (unpaired) electrons. The number of ether oxygens (including phenoxy) is 2. The number of carbonyl (C=O) groups is 2. The molecule has 2 N–H and O–H groups in total. The van der Waals surface area contributed by atoms with E-state index in [4.69, 9.17) is 49.3 Å². The minimum absolute atomic E-state index is 0.0543. The van der Waals surface area contributed by atoms with E-state index in [0.29, 0.717) is 112 Å². The lowest BCUT2D eigenvalue weighted by molar-refractivity contribution is 0.0102. The third kappa shape index (κ3) is 13.1. The van der Waals surface area contributed by atoms with Gasteiger partial charge in [0.25, 0.3) is 31.9 Å². The summed E-state index contributed by atoms with van der Waals surface area (Å²) in [6.45, 7) is 3.36. The van der Waals surface area contributed by atoms with E-state index in [0.717, 1.165) is 32.2 Å². The maximum Gasteiger partial charge on any atom is 0.252 e. The molecule has 3 aliphatic rings. The molecule has 7 aromatic rings. The molecule has 384 valence electrons. The van der Waals surface area contributed by atoms with Crippen molar-refractivity contribution < 1.29 is 35.9 Å². The summed E-state index contributed by atoms with van der Waals surface area (Å²) in [4.78, 5) is 33.2. The second kappa shape index (κ2) is 23.9. The highest BCUT2D eigenvalue weighted by molar-refractivity contribution is 7.91. The molecule has 14 nitrogen and oxygen atoms in total. The van der Waals surface area contributed by atoms with Crippen LogP contribution in [0.25, 0.3) is 0 Å². The van der Waals surface area contributed by atoms with Gasteiger partial charge in [-0.15, -0.1) is 22.7 Å². The van der Waals surface area contributed by atoms with Crippen LogP contribution in [0.15, 0.2) is 159 Å². The summed E-state index contributed by atoms with van der Waals surface area (Å²) >= 11 is 20.4. The van der Waals surface area contributed by atoms with Crippen molar-refractivity contribution in [2.45, 2.75) is 47.1 Å². The number of carbonyl (C=O) groups excluding carboxylic acids is 2. The van der Waals surface area contributed by atoms with Crippen molar-refractivity contribution in [2.24, 2.45) is 4.99 Å². The maximum absolute atomic E-state index is 13.5. The number of hydrogen-bond acceptors (Lipinski definition) is 12. The van der Waals surface area contributed by atoms with E-state index >= 15 is 0 Å². The molecule has 0 bridgehead atoms. The van der Waals surface area contributed by atoms with Crippen molar-refractivity contribution in [3.63, 3.8) is 0 Å². The molecule has 0 aliphatic carbocycles. The average molecular weight is 1130 g/mol.